The third-order valence-electron chi connectivity index (χ3n) is 3.24. The predicted octanol–water partition coefficient (Wildman–Crippen LogP) is 2.20. The molecule has 1 amide bonds. The maximum absolute atomic E-state index is 12.2. The van der Waals surface area contributed by atoms with E-state index < -0.39 is 22.0 Å². The summed E-state index contributed by atoms with van der Waals surface area (Å²) in [5.74, 6) is -0.302. The molecule has 21 heavy (non-hydrogen) atoms. The highest BCUT2D eigenvalue weighted by molar-refractivity contribution is 7.91. The van der Waals surface area contributed by atoms with Crippen molar-refractivity contribution in [3.8, 4) is 5.75 Å². The van der Waals surface area contributed by atoms with Gasteiger partial charge in [-0.15, -0.1) is 0 Å². The van der Waals surface area contributed by atoms with Crippen molar-refractivity contribution in [1.82, 2.24) is 0 Å². The van der Waals surface area contributed by atoms with Gasteiger partial charge in [-0.2, -0.15) is 0 Å². The van der Waals surface area contributed by atoms with Crippen LogP contribution in [0.2, 0.25) is 5.02 Å². The van der Waals surface area contributed by atoms with Crippen molar-refractivity contribution in [2.75, 3.05) is 23.0 Å². The number of carbonyl (C=O) groups is 1. The normalized spacial score (nSPS) is 20.2. The minimum Gasteiger partial charge on any atom is -0.506 e. The lowest BCUT2D eigenvalue weighted by atomic mass is 10.2. The molecule has 1 aliphatic rings. The van der Waals surface area contributed by atoms with E-state index in [0.717, 1.165) is 0 Å². The Kier molecular flexibility index (Phi) is 4.63. The van der Waals surface area contributed by atoms with E-state index in [1.54, 1.807) is 6.92 Å². The van der Waals surface area contributed by atoms with Crippen LogP contribution < -0.4 is 4.90 Å². The SMILES string of the molecule is CCOC(=O)N(c1cc(Cl)ccc1O)C1CCS(=O)(=O)C1. The third-order valence-corrected chi connectivity index (χ3v) is 5.22. The van der Waals surface area contributed by atoms with Gasteiger partial charge >= 0.3 is 6.09 Å². The maximum atomic E-state index is 12.2. The molecule has 0 aromatic heterocycles. The highest BCUT2D eigenvalue weighted by Crippen LogP contribution is 2.34. The lowest BCUT2D eigenvalue weighted by Crippen LogP contribution is -2.41. The van der Waals surface area contributed by atoms with Gasteiger partial charge in [-0.05, 0) is 31.5 Å². The fourth-order valence-corrected chi connectivity index (χ4v) is 4.17. The molecular formula is C13H16ClNO5S. The Bertz CT molecular complexity index is 646. The topological polar surface area (TPSA) is 83.9 Å². The molecule has 0 radical (unpaired) electrons. The van der Waals surface area contributed by atoms with Crippen molar-refractivity contribution < 1.29 is 23.1 Å². The number of anilines is 1. The Balaban J connectivity index is 2.41. The van der Waals surface area contributed by atoms with Gasteiger partial charge in [-0.25, -0.2) is 13.2 Å². The zero-order chi connectivity index (χ0) is 15.6. The van der Waals surface area contributed by atoms with Crippen LogP contribution in [0, 0.1) is 0 Å². The number of halogens is 1. The summed E-state index contributed by atoms with van der Waals surface area (Å²) in [4.78, 5) is 13.3. The molecule has 1 fully saturated rings. The van der Waals surface area contributed by atoms with E-state index >= 15 is 0 Å². The Morgan fingerprint density at radius 3 is 2.81 bits per heavy atom. The smallest absolute Gasteiger partial charge is 0.414 e. The minimum atomic E-state index is -3.18. The lowest BCUT2D eigenvalue weighted by molar-refractivity contribution is 0.157. The molecule has 116 valence electrons. The number of nitrogens with zero attached hydrogens (tertiary/aromatic N) is 1. The summed E-state index contributed by atoms with van der Waals surface area (Å²) in [7, 11) is -3.18. The van der Waals surface area contributed by atoms with Crippen molar-refractivity contribution >= 4 is 33.2 Å². The van der Waals surface area contributed by atoms with E-state index in [1.807, 2.05) is 0 Å². The number of aromatic hydroxyl groups is 1. The van der Waals surface area contributed by atoms with Gasteiger partial charge < -0.3 is 9.84 Å². The zero-order valence-corrected chi connectivity index (χ0v) is 13.0. The Labute approximate surface area is 128 Å². The fraction of sp³-hybridized carbons (Fsp3) is 0.462. The van der Waals surface area contributed by atoms with Gasteiger partial charge in [-0.1, -0.05) is 11.6 Å². The zero-order valence-electron chi connectivity index (χ0n) is 11.5. The molecule has 8 heteroatoms. The first-order valence-electron chi connectivity index (χ1n) is 6.49. The Morgan fingerprint density at radius 2 is 2.24 bits per heavy atom. The summed E-state index contributed by atoms with van der Waals surface area (Å²) in [6.45, 7) is 1.80. The van der Waals surface area contributed by atoms with Crippen LogP contribution >= 0.6 is 11.6 Å². The molecule has 1 saturated heterocycles. The standard InChI is InChI=1S/C13H16ClNO5S/c1-2-20-13(17)15(10-5-6-21(18,19)8-10)11-7-9(14)3-4-12(11)16/h3-4,7,10,16H,2,5-6,8H2,1H3. The van der Waals surface area contributed by atoms with Crippen molar-refractivity contribution in [3.63, 3.8) is 0 Å². The van der Waals surface area contributed by atoms with Crippen LogP contribution in [-0.2, 0) is 14.6 Å². The minimum absolute atomic E-state index is 0.00883. The molecule has 1 atom stereocenters. The van der Waals surface area contributed by atoms with Crippen molar-refractivity contribution in [2.24, 2.45) is 0 Å². The van der Waals surface area contributed by atoms with E-state index in [1.165, 1.54) is 23.1 Å². The van der Waals surface area contributed by atoms with E-state index in [-0.39, 0.29) is 29.5 Å². The van der Waals surface area contributed by atoms with Gasteiger partial charge in [0.25, 0.3) is 0 Å². The largest absolute Gasteiger partial charge is 0.506 e. The molecule has 6 nitrogen and oxygen atoms in total. The summed E-state index contributed by atoms with van der Waals surface area (Å²) in [5.41, 5.74) is 0.156. The van der Waals surface area contributed by atoms with Crippen LogP contribution in [0.25, 0.3) is 0 Å². The average Bonchev–Trinajstić information content (AvgIpc) is 2.74. The summed E-state index contributed by atoms with van der Waals surface area (Å²) in [5, 5.41) is 10.3. The first-order chi connectivity index (χ1) is 9.84. The van der Waals surface area contributed by atoms with Gasteiger partial charge in [0.15, 0.2) is 9.84 Å². The van der Waals surface area contributed by atoms with Crippen molar-refractivity contribution in [2.45, 2.75) is 19.4 Å². The number of hydrogen-bond donors (Lipinski definition) is 1. The van der Waals surface area contributed by atoms with Gasteiger partial charge in [0.05, 0.1) is 29.8 Å². The molecular weight excluding hydrogens is 318 g/mol. The maximum Gasteiger partial charge on any atom is 0.414 e. The summed E-state index contributed by atoms with van der Waals surface area (Å²) >= 11 is 5.90. The van der Waals surface area contributed by atoms with E-state index in [9.17, 15) is 18.3 Å². The number of sulfone groups is 1. The van der Waals surface area contributed by atoms with Crippen LogP contribution in [0.1, 0.15) is 13.3 Å². The molecule has 1 aromatic rings. The van der Waals surface area contributed by atoms with E-state index in [0.29, 0.717) is 11.4 Å². The molecule has 2 rings (SSSR count). The van der Waals surface area contributed by atoms with Gasteiger partial charge in [0.2, 0.25) is 0 Å². The van der Waals surface area contributed by atoms with Crippen molar-refractivity contribution in [1.29, 1.82) is 0 Å². The average molecular weight is 334 g/mol. The van der Waals surface area contributed by atoms with Gasteiger partial charge in [0.1, 0.15) is 5.75 Å². The van der Waals surface area contributed by atoms with E-state index in [2.05, 4.69) is 0 Å². The fourth-order valence-electron chi connectivity index (χ4n) is 2.31. The molecule has 1 heterocycles. The summed E-state index contributed by atoms with van der Waals surface area (Å²) in [6.07, 6.45) is -0.398. The van der Waals surface area contributed by atoms with Crippen molar-refractivity contribution in [3.05, 3.63) is 23.2 Å². The van der Waals surface area contributed by atoms with Gasteiger partial charge in [-0.3, -0.25) is 4.90 Å². The Morgan fingerprint density at radius 1 is 1.52 bits per heavy atom. The number of carbonyl (C=O) groups excluding carboxylic acids is 1. The second-order valence-electron chi connectivity index (χ2n) is 4.76. The quantitative estimate of drug-likeness (QED) is 0.916. The molecule has 0 aliphatic carbocycles. The number of ether oxygens (including phenoxy) is 1. The van der Waals surface area contributed by atoms with Crippen LogP contribution in [-0.4, -0.2) is 43.8 Å². The monoisotopic (exact) mass is 333 g/mol. The second-order valence-corrected chi connectivity index (χ2v) is 7.42. The Hall–Kier alpha value is -1.47. The molecule has 0 saturated carbocycles. The molecule has 1 unspecified atom stereocenters. The molecule has 1 aromatic carbocycles. The van der Waals surface area contributed by atoms with Gasteiger partial charge in [0, 0.05) is 5.02 Å². The van der Waals surface area contributed by atoms with Crippen LogP contribution in [0.4, 0.5) is 10.5 Å². The third kappa shape index (κ3) is 3.59. The summed E-state index contributed by atoms with van der Waals surface area (Å²) < 4.78 is 28.3. The number of hydrogen-bond acceptors (Lipinski definition) is 5. The number of benzene rings is 1. The predicted molar refractivity (Wildman–Crippen MR) is 79.7 cm³/mol. The molecule has 1 aliphatic heterocycles. The summed E-state index contributed by atoms with van der Waals surface area (Å²) in [6, 6.07) is 3.68. The van der Waals surface area contributed by atoms with E-state index in [4.69, 9.17) is 16.3 Å². The number of phenols is 1. The molecule has 0 spiro atoms. The van der Waals surface area contributed by atoms with Crippen LogP contribution in [0.15, 0.2) is 18.2 Å². The first kappa shape index (κ1) is 15.9. The highest BCUT2D eigenvalue weighted by Gasteiger charge is 2.37. The van der Waals surface area contributed by atoms with Crippen LogP contribution in [0.5, 0.6) is 5.75 Å². The molecule has 0 bridgehead atoms. The number of amides is 1. The lowest BCUT2D eigenvalue weighted by Gasteiger charge is -2.28. The second kappa shape index (κ2) is 6.11. The van der Waals surface area contributed by atoms with Crippen LogP contribution in [0.3, 0.4) is 0 Å². The first-order valence-corrected chi connectivity index (χ1v) is 8.69. The number of phenolic OH excluding ortho intramolecular Hbond substituents is 1. The highest BCUT2D eigenvalue weighted by atomic mass is 35.5. The number of rotatable bonds is 3. The molecule has 1 N–H and O–H groups in total.